The van der Waals surface area contributed by atoms with E-state index in [0.717, 1.165) is 23.6 Å². The van der Waals surface area contributed by atoms with Crippen LogP contribution in [0.4, 0.5) is 0 Å². The summed E-state index contributed by atoms with van der Waals surface area (Å²) in [6.45, 7) is 4.97. The van der Waals surface area contributed by atoms with Crippen LogP contribution in [0.2, 0.25) is 0 Å². The zero-order valence-electron chi connectivity index (χ0n) is 14.9. The van der Waals surface area contributed by atoms with Crippen LogP contribution in [0.15, 0.2) is 54.6 Å². The number of hydrogen-bond acceptors (Lipinski definition) is 1. The first-order valence-electron chi connectivity index (χ1n) is 8.47. The van der Waals surface area contributed by atoms with Gasteiger partial charge in [-0.3, -0.25) is 0 Å². The van der Waals surface area contributed by atoms with Crippen molar-refractivity contribution in [2.75, 3.05) is 6.61 Å². The Balaban J connectivity index is 2.25. The Hall–Kier alpha value is -2.55. The summed E-state index contributed by atoms with van der Waals surface area (Å²) in [5.74, 6) is 0.957. The minimum atomic E-state index is 0.711. The molecule has 1 heterocycles. The summed E-state index contributed by atoms with van der Waals surface area (Å²) < 4.78 is 10.6. The van der Waals surface area contributed by atoms with Crippen molar-refractivity contribution >= 4 is 0 Å². The first-order valence-corrected chi connectivity index (χ1v) is 8.47. The highest BCUT2D eigenvalue weighted by molar-refractivity contribution is 5.76. The number of hydrogen-bond donors (Lipinski definition) is 0. The van der Waals surface area contributed by atoms with Crippen LogP contribution in [-0.2, 0) is 14.1 Å². The lowest BCUT2D eigenvalue weighted by molar-refractivity contribution is -0.740. The van der Waals surface area contributed by atoms with Crippen molar-refractivity contribution in [2.45, 2.75) is 20.3 Å². The molecule has 0 atom stereocenters. The molecule has 3 heteroatoms. The molecule has 3 nitrogen and oxygen atoms in total. The molecule has 0 fully saturated rings. The van der Waals surface area contributed by atoms with Gasteiger partial charge >= 0.3 is 0 Å². The van der Waals surface area contributed by atoms with Crippen molar-refractivity contribution in [3.05, 3.63) is 60.2 Å². The first-order chi connectivity index (χ1) is 11.6. The molecule has 0 bridgehead atoms. The Morgan fingerprint density at radius 2 is 1.71 bits per heavy atom. The molecule has 1 aromatic heterocycles. The highest BCUT2D eigenvalue weighted by Gasteiger charge is 2.30. The Morgan fingerprint density at radius 3 is 2.38 bits per heavy atom. The number of rotatable bonds is 5. The molecular formula is C21H25N2O+. The Morgan fingerprint density at radius 1 is 1.00 bits per heavy atom. The summed E-state index contributed by atoms with van der Waals surface area (Å²) in [6, 6.07) is 19.0. The Kier molecular flexibility index (Phi) is 4.70. The smallest absolute Gasteiger partial charge is 0.280 e. The summed E-state index contributed by atoms with van der Waals surface area (Å²) in [5.41, 5.74) is 5.83. The number of nitrogens with zero attached hydrogens (tertiary/aromatic N) is 2. The molecule has 0 unspecified atom stereocenters. The number of aromatic nitrogens is 2. The van der Waals surface area contributed by atoms with E-state index in [-0.39, 0.29) is 0 Å². The molecular weight excluding hydrogens is 296 g/mol. The molecule has 0 N–H and O–H groups in total. The van der Waals surface area contributed by atoms with E-state index in [1.165, 1.54) is 16.7 Å². The zero-order valence-corrected chi connectivity index (χ0v) is 14.9. The van der Waals surface area contributed by atoms with E-state index in [2.05, 4.69) is 85.8 Å². The Labute approximate surface area is 144 Å². The van der Waals surface area contributed by atoms with Gasteiger partial charge in [0.2, 0.25) is 5.75 Å². The van der Waals surface area contributed by atoms with Gasteiger partial charge in [-0.15, -0.1) is 4.68 Å². The third-order valence-electron chi connectivity index (χ3n) is 4.32. The molecule has 3 rings (SSSR count). The third kappa shape index (κ3) is 2.94. The first kappa shape index (κ1) is 16.3. The van der Waals surface area contributed by atoms with Gasteiger partial charge in [0.15, 0.2) is 12.7 Å². The predicted octanol–water partition coefficient (Wildman–Crippen LogP) is 4.28. The van der Waals surface area contributed by atoms with Gasteiger partial charge in [-0.05, 0) is 25.5 Å². The second kappa shape index (κ2) is 6.91. The monoisotopic (exact) mass is 321 g/mol. The van der Waals surface area contributed by atoms with Crippen LogP contribution < -0.4 is 9.42 Å². The van der Waals surface area contributed by atoms with E-state index in [0.29, 0.717) is 6.61 Å². The molecule has 124 valence electrons. The zero-order chi connectivity index (χ0) is 17.1. The van der Waals surface area contributed by atoms with Crippen LogP contribution in [0, 0.1) is 6.92 Å². The van der Waals surface area contributed by atoms with E-state index in [9.17, 15) is 0 Å². The van der Waals surface area contributed by atoms with Crippen molar-refractivity contribution < 1.29 is 9.42 Å². The molecule has 0 spiro atoms. The minimum absolute atomic E-state index is 0.711. The summed E-state index contributed by atoms with van der Waals surface area (Å²) in [6.07, 6.45) is 0.986. The molecule has 0 aliphatic heterocycles. The molecule has 24 heavy (non-hydrogen) atoms. The molecule has 0 radical (unpaired) electrons. The Bertz CT molecular complexity index is 835. The molecule has 0 saturated heterocycles. The largest absolute Gasteiger partial charge is 0.485 e. The van der Waals surface area contributed by atoms with Gasteiger partial charge < -0.3 is 4.74 Å². The second-order valence-electron chi connectivity index (χ2n) is 6.16. The van der Waals surface area contributed by atoms with Crippen LogP contribution in [-0.4, -0.2) is 11.3 Å². The fraction of sp³-hybridized carbons (Fsp3) is 0.286. The van der Waals surface area contributed by atoms with E-state index in [1.807, 2.05) is 6.07 Å². The highest BCUT2D eigenvalue weighted by Crippen LogP contribution is 2.37. The molecule has 0 aliphatic rings. The van der Waals surface area contributed by atoms with Crippen LogP contribution in [0.3, 0.4) is 0 Å². The van der Waals surface area contributed by atoms with Crippen LogP contribution in [0.5, 0.6) is 5.75 Å². The lowest BCUT2D eigenvalue weighted by Gasteiger charge is -2.06. The van der Waals surface area contributed by atoms with Gasteiger partial charge in [0.25, 0.3) is 5.69 Å². The fourth-order valence-corrected chi connectivity index (χ4v) is 3.07. The molecule has 2 aromatic carbocycles. The van der Waals surface area contributed by atoms with Crippen molar-refractivity contribution in [1.29, 1.82) is 0 Å². The number of benzene rings is 2. The van der Waals surface area contributed by atoms with Crippen molar-refractivity contribution in [1.82, 2.24) is 4.68 Å². The maximum absolute atomic E-state index is 6.23. The number of ether oxygens (including phenoxy) is 1. The van der Waals surface area contributed by atoms with Crippen LogP contribution >= 0.6 is 0 Å². The average molecular weight is 321 g/mol. The normalized spacial score (nSPS) is 10.8. The van der Waals surface area contributed by atoms with Crippen molar-refractivity contribution in [2.24, 2.45) is 14.1 Å². The quantitative estimate of drug-likeness (QED) is 0.641. The fourth-order valence-electron chi connectivity index (χ4n) is 3.07. The van der Waals surface area contributed by atoms with Gasteiger partial charge in [0.05, 0.1) is 19.2 Å². The number of aryl methyl sites for hydroxylation is 1. The predicted molar refractivity (Wildman–Crippen MR) is 98.0 cm³/mol. The second-order valence-corrected chi connectivity index (χ2v) is 6.16. The topological polar surface area (TPSA) is 18.0 Å². The van der Waals surface area contributed by atoms with E-state index in [1.54, 1.807) is 0 Å². The summed E-state index contributed by atoms with van der Waals surface area (Å²) in [4.78, 5) is 0. The van der Waals surface area contributed by atoms with Crippen LogP contribution in [0.1, 0.15) is 18.9 Å². The maximum atomic E-state index is 6.23. The molecule has 0 aliphatic carbocycles. The minimum Gasteiger partial charge on any atom is -0.485 e. The average Bonchev–Trinajstić information content (AvgIpc) is 2.84. The van der Waals surface area contributed by atoms with Gasteiger partial charge in [0.1, 0.15) is 0 Å². The van der Waals surface area contributed by atoms with Gasteiger partial charge in [0, 0.05) is 5.56 Å². The summed E-state index contributed by atoms with van der Waals surface area (Å²) in [5, 5.41) is 0. The summed E-state index contributed by atoms with van der Waals surface area (Å²) in [7, 11) is 4.17. The maximum Gasteiger partial charge on any atom is 0.280 e. The van der Waals surface area contributed by atoms with Gasteiger partial charge in [-0.1, -0.05) is 55.0 Å². The van der Waals surface area contributed by atoms with Gasteiger partial charge in [-0.25, -0.2) is 0 Å². The van der Waals surface area contributed by atoms with Gasteiger partial charge in [-0.2, -0.15) is 4.68 Å². The lowest BCUT2D eigenvalue weighted by Crippen LogP contribution is -2.39. The molecule has 3 aromatic rings. The highest BCUT2D eigenvalue weighted by atomic mass is 16.5. The molecule has 0 saturated carbocycles. The third-order valence-corrected chi connectivity index (χ3v) is 4.32. The van der Waals surface area contributed by atoms with Crippen LogP contribution in [0.25, 0.3) is 22.5 Å². The van der Waals surface area contributed by atoms with E-state index in [4.69, 9.17) is 4.74 Å². The summed E-state index contributed by atoms with van der Waals surface area (Å²) >= 11 is 0. The standard InChI is InChI=1S/C21H25N2O/c1-5-14-24-21-19(17-11-7-6-8-12-17)22(3)23(4)20(21)18-13-9-10-16(2)15-18/h6-13,15H,5,14H2,1-4H3/q+1. The SMILES string of the molecule is CCCOc1c(-c2ccccc2)n(C)[n+](C)c1-c1cccc(C)c1. The lowest BCUT2D eigenvalue weighted by atomic mass is 10.1. The van der Waals surface area contributed by atoms with E-state index >= 15 is 0 Å². The van der Waals surface area contributed by atoms with Crippen molar-refractivity contribution in [3.8, 4) is 28.3 Å². The van der Waals surface area contributed by atoms with E-state index < -0.39 is 0 Å². The molecule has 0 amide bonds. The van der Waals surface area contributed by atoms with Crippen molar-refractivity contribution in [3.63, 3.8) is 0 Å².